The fourth-order valence-electron chi connectivity index (χ4n) is 0.935. The molecule has 0 aromatic carbocycles. The maximum absolute atomic E-state index is 3.44. The predicted octanol–water partition coefficient (Wildman–Crippen LogP) is 2.34. The van der Waals surface area contributed by atoms with Gasteiger partial charge in [0.05, 0.1) is 0 Å². The molecule has 0 atom stereocenters. The highest BCUT2D eigenvalue weighted by atomic mass is 14.9. The third-order valence-corrected chi connectivity index (χ3v) is 1.72. The molecule has 0 radical (unpaired) electrons. The lowest BCUT2D eigenvalue weighted by atomic mass is 9.96. The van der Waals surface area contributed by atoms with E-state index in [4.69, 9.17) is 0 Å². The number of allylic oxidation sites excluding steroid dienone is 1. The smallest absolute Gasteiger partial charge is 0.0137 e. The van der Waals surface area contributed by atoms with E-state index in [1.54, 1.807) is 0 Å². The summed E-state index contributed by atoms with van der Waals surface area (Å²) in [5.74, 6) is 0. The molecule has 0 heterocycles. The summed E-state index contributed by atoms with van der Waals surface area (Å²) in [7, 11) is 0. The lowest BCUT2D eigenvalue weighted by Crippen LogP contribution is -2.16. The molecule has 1 aliphatic carbocycles. The first-order valence-corrected chi connectivity index (χ1v) is 4.49. The third kappa shape index (κ3) is 5.02. The SMILES string of the molecule is CC(C)(C)C=CCNC1CC1. The van der Waals surface area contributed by atoms with Crippen LogP contribution in [-0.2, 0) is 0 Å². The summed E-state index contributed by atoms with van der Waals surface area (Å²) in [6.45, 7) is 7.71. The monoisotopic (exact) mass is 153 g/mol. The molecule has 11 heavy (non-hydrogen) atoms. The molecule has 0 saturated heterocycles. The van der Waals surface area contributed by atoms with E-state index in [0.717, 1.165) is 12.6 Å². The van der Waals surface area contributed by atoms with Gasteiger partial charge in [-0.2, -0.15) is 0 Å². The van der Waals surface area contributed by atoms with Crippen LogP contribution in [0.4, 0.5) is 0 Å². The predicted molar refractivity (Wildman–Crippen MR) is 49.6 cm³/mol. The van der Waals surface area contributed by atoms with Gasteiger partial charge in [0, 0.05) is 12.6 Å². The van der Waals surface area contributed by atoms with Crippen LogP contribution in [0.1, 0.15) is 33.6 Å². The minimum atomic E-state index is 0.339. The van der Waals surface area contributed by atoms with Crippen LogP contribution >= 0.6 is 0 Å². The van der Waals surface area contributed by atoms with Crippen molar-refractivity contribution in [2.75, 3.05) is 6.54 Å². The Balaban J connectivity index is 2.04. The Morgan fingerprint density at radius 3 is 2.45 bits per heavy atom. The molecule has 1 nitrogen and oxygen atoms in total. The topological polar surface area (TPSA) is 12.0 Å². The highest BCUT2D eigenvalue weighted by molar-refractivity contribution is 4.95. The van der Waals surface area contributed by atoms with E-state index in [2.05, 4.69) is 38.2 Å². The minimum absolute atomic E-state index is 0.339. The lowest BCUT2D eigenvalue weighted by Gasteiger charge is -2.10. The van der Waals surface area contributed by atoms with Crippen molar-refractivity contribution in [2.45, 2.75) is 39.7 Å². The van der Waals surface area contributed by atoms with E-state index in [0.29, 0.717) is 5.41 Å². The zero-order valence-corrected chi connectivity index (χ0v) is 7.85. The van der Waals surface area contributed by atoms with Crippen molar-refractivity contribution >= 4 is 0 Å². The Morgan fingerprint density at radius 1 is 1.36 bits per heavy atom. The zero-order valence-electron chi connectivity index (χ0n) is 7.85. The number of rotatable bonds is 3. The standard InChI is InChI=1S/C10H19N/c1-10(2,3)7-4-8-11-9-5-6-9/h4,7,9,11H,5-6,8H2,1-3H3. The van der Waals surface area contributed by atoms with Crippen molar-refractivity contribution in [1.29, 1.82) is 0 Å². The van der Waals surface area contributed by atoms with Crippen LogP contribution in [-0.4, -0.2) is 12.6 Å². The normalized spacial score (nSPS) is 19.5. The summed E-state index contributed by atoms with van der Waals surface area (Å²) in [6.07, 6.45) is 7.26. The molecule has 1 N–H and O–H groups in total. The Labute approximate surface area is 69.9 Å². The van der Waals surface area contributed by atoms with Gasteiger partial charge in [0.2, 0.25) is 0 Å². The molecule has 1 fully saturated rings. The largest absolute Gasteiger partial charge is 0.311 e. The molecule has 1 heteroatoms. The number of hydrogen-bond donors (Lipinski definition) is 1. The van der Waals surface area contributed by atoms with Gasteiger partial charge in [-0.15, -0.1) is 0 Å². The Bertz CT molecular complexity index is 137. The van der Waals surface area contributed by atoms with E-state index in [1.165, 1.54) is 12.8 Å². The van der Waals surface area contributed by atoms with Crippen molar-refractivity contribution in [3.63, 3.8) is 0 Å². The molecule has 0 aromatic rings. The van der Waals surface area contributed by atoms with Crippen LogP contribution in [0, 0.1) is 5.41 Å². The molecule has 1 aliphatic rings. The van der Waals surface area contributed by atoms with Crippen LogP contribution in [0.5, 0.6) is 0 Å². The molecule has 0 bridgehead atoms. The molecule has 0 unspecified atom stereocenters. The number of nitrogens with one attached hydrogen (secondary N) is 1. The van der Waals surface area contributed by atoms with E-state index in [-0.39, 0.29) is 0 Å². The van der Waals surface area contributed by atoms with Crippen molar-refractivity contribution < 1.29 is 0 Å². The van der Waals surface area contributed by atoms with Gasteiger partial charge in [0.1, 0.15) is 0 Å². The van der Waals surface area contributed by atoms with Gasteiger partial charge in [0.25, 0.3) is 0 Å². The maximum Gasteiger partial charge on any atom is 0.0137 e. The Hall–Kier alpha value is -0.300. The summed E-state index contributed by atoms with van der Waals surface area (Å²) >= 11 is 0. The Morgan fingerprint density at radius 2 is 2.00 bits per heavy atom. The van der Waals surface area contributed by atoms with Gasteiger partial charge in [-0.05, 0) is 18.3 Å². The first kappa shape index (κ1) is 8.79. The Kier molecular flexibility index (Phi) is 2.72. The zero-order chi connectivity index (χ0) is 8.32. The first-order chi connectivity index (χ1) is 5.08. The molecule has 64 valence electrons. The molecule has 0 spiro atoms. The molecule has 0 amide bonds. The quantitative estimate of drug-likeness (QED) is 0.614. The van der Waals surface area contributed by atoms with E-state index >= 15 is 0 Å². The fraction of sp³-hybridized carbons (Fsp3) is 0.800. The van der Waals surface area contributed by atoms with Gasteiger partial charge in [-0.3, -0.25) is 0 Å². The van der Waals surface area contributed by atoms with Gasteiger partial charge in [-0.25, -0.2) is 0 Å². The van der Waals surface area contributed by atoms with Gasteiger partial charge >= 0.3 is 0 Å². The summed E-state index contributed by atoms with van der Waals surface area (Å²) in [5, 5.41) is 3.44. The summed E-state index contributed by atoms with van der Waals surface area (Å²) in [6, 6.07) is 0.833. The summed E-state index contributed by atoms with van der Waals surface area (Å²) < 4.78 is 0. The number of hydrogen-bond acceptors (Lipinski definition) is 1. The average molecular weight is 153 g/mol. The second-order valence-electron chi connectivity index (χ2n) is 4.45. The highest BCUT2D eigenvalue weighted by Gasteiger charge is 2.19. The molecule has 1 saturated carbocycles. The molecule has 0 aliphatic heterocycles. The second-order valence-corrected chi connectivity index (χ2v) is 4.45. The van der Waals surface area contributed by atoms with Crippen LogP contribution in [0.3, 0.4) is 0 Å². The van der Waals surface area contributed by atoms with Crippen molar-refractivity contribution in [2.24, 2.45) is 5.41 Å². The van der Waals surface area contributed by atoms with Crippen molar-refractivity contribution in [3.05, 3.63) is 12.2 Å². The van der Waals surface area contributed by atoms with E-state index in [1.807, 2.05) is 0 Å². The van der Waals surface area contributed by atoms with Crippen LogP contribution in [0.2, 0.25) is 0 Å². The molecular formula is C10H19N. The van der Waals surface area contributed by atoms with Crippen LogP contribution < -0.4 is 5.32 Å². The average Bonchev–Trinajstić information content (AvgIpc) is 2.60. The summed E-state index contributed by atoms with van der Waals surface area (Å²) in [5.41, 5.74) is 0.339. The van der Waals surface area contributed by atoms with Gasteiger partial charge < -0.3 is 5.32 Å². The van der Waals surface area contributed by atoms with E-state index < -0.39 is 0 Å². The van der Waals surface area contributed by atoms with Gasteiger partial charge in [-0.1, -0.05) is 32.9 Å². The third-order valence-electron chi connectivity index (χ3n) is 1.72. The minimum Gasteiger partial charge on any atom is -0.311 e. The van der Waals surface area contributed by atoms with E-state index in [9.17, 15) is 0 Å². The second kappa shape index (κ2) is 3.40. The lowest BCUT2D eigenvalue weighted by molar-refractivity contribution is 0.541. The van der Waals surface area contributed by atoms with Crippen LogP contribution in [0.25, 0.3) is 0 Å². The van der Waals surface area contributed by atoms with Crippen molar-refractivity contribution in [1.82, 2.24) is 5.32 Å². The molecule has 1 rings (SSSR count). The maximum atomic E-state index is 3.44. The van der Waals surface area contributed by atoms with Gasteiger partial charge in [0.15, 0.2) is 0 Å². The summed E-state index contributed by atoms with van der Waals surface area (Å²) in [4.78, 5) is 0. The van der Waals surface area contributed by atoms with Crippen molar-refractivity contribution in [3.8, 4) is 0 Å². The fourth-order valence-corrected chi connectivity index (χ4v) is 0.935. The molecule has 0 aromatic heterocycles. The first-order valence-electron chi connectivity index (χ1n) is 4.49. The van der Waals surface area contributed by atoms with Crippen LogP contribution in [0.15, 0.2) is 12.2 Å². The highest BCUT2D eigenvalue weighted by Crippen LogP contribution is 2.18. The molecular weight excluding hydrogens is 134 g/mol.